The van der Waals surface area contributed by atoms with Gasteiger partial charge in [0.15, 0.2) is 0 Å². The third kappa shape index (κ3) is 7.13. The second-order valence-electron chi connectivity index (χ2n) is 9.64. The lowest BCUT2D eigenvalue weighted by molar-refractivity contribution is -0.139. The van der Waals surface area contributed by atoms with Crippen molar-refractivity contribution in [1.82, 2.24) is 10.2 Å². The summed E-state index contributed by atoms with van der Waals surface area (Å²) in [5, 5.41) is 3.44. The highest BCUT2D eigenvalue weighted by Crippen LogP contribution is 2.31. The number of nitrogens with zero attached hydrogens (tertiary/aromatic N) is 2. The first-order chi connectivity index (χ1) is 20.1. The lowest BCUT2D eigenvalue weighted by Gasteiger charge is -2.34. The van der Waals surface area contributed by atoms with Crippen molar-refractivity contribution in [3.63, 3.8) is 0 Å². The molecule has 0 bridgehead atoms. The molecule has 0 heterocycles. The van der Waals surface area contributed by atoms with Crippen molar-refractivity contribution in [2.75, 3.05) is 17.9 Å². The van der Waals surface area contributed by atoms with Gasteiger partial charge in [0.05, 0.1) is 10.6 Å². The predicted octanol–water partition coefficient (Wildman–Crippen LogP) is 5.88. The number of halogens is 2. The van der Waals surface area contributed by atoms with Crippen LogP contribution in [0.15, 0.2) is 108 Å². The molecule has 1 N–H and O–H groups in total. The highest BCUT2D eigenvalue weighted by atomic mass is 35.5. The van der Waals surface area contributed by atoms with E-state index in [0.29, 0.717) is 21.2 Å². The third-order valence-corrected chi connectivity index (χ3v) is 9.49. The molecular weight excluding hydrogens is 593 g/mol. The zero-order valence-electron chi connectivity index (χ0n) is 23.2. The first-order valence-electron chi connectivity index (χ1n) is 13.2. The minimum absolute atomic E-state index is 0.0157. The van der Waals surface area contributed by atoms with E-state index in [2.05, 4.69) is 5.32 Å². The van der Waals surface area contributed by atoms with Crippen LogP contribution in [0, 0.1) is 6.92 Å². The number of carbonyl (C=O) groups is 2. The Kier molecular flexibility index (Phi) is 10.3. The van der Waals surface area contributed by atoms with Gasteiger partial charge in [0.1, 0.15) is 12.6 Å². The van der Waals surface area contributed by atoms with E-state index in [0.717, 1.165) is 9.87 Å². The number of benzene rings is 4. The van der Waals surface area contributed by atoms with Gasteiger partial charge in [0.2, 0.25) is 11.8 Å². The number of carbonyl (C=O) groups excluding carboxylic acids is 2. The Balaban J connectivity index is 1.82. The van der Waals surface area contributed by atoms with Gasteiger partial charge in [-0.3, -0.25) is 13.9 Å². The van der Waals surface area contributed by atoms with Gasteiger partial charge in [-0.15, -0.1) is 0 Å². The fourth-order valence-electron chi connectivity index (χ4n) is 4.63. The number of nitrogens with one attached hydrogen (secondary N) is 1. The molecule has 218 valence electrons. The summed E-state index contributed by atoms with van der Waals surface area (Å²) in [7, 11) is -2.71. The summed E-state index contributed by atoms with van der Waals surface area (Å²) in [6, 6.07) is 28.2. The monoisotopic (exact) mass is 623 g/mol. The fraction of sp³-hybridized carbons (Fsp3) is 0.188. The minimum atomic E-state index is -4.21. The molecule has 0 saturated carbocycles. The number of hydrogen-bond donors (Lipinski definition) is 1. The van der Waals surface area contributed by atoms with Crippen molar-refractivity contribution < 1.29 is 18.0 Å². The number of likely N-dealkylation sites (N-methyl/N-ethyl adjacent to an activating group) is 1. The number of anilines is 1. The normalized spacial score (nSPS) is 11.9. The van der Waals surface area contributed by atoms with Crippen molar-refractivity contribution in [3.05, 3.63) is 130 Å². The Hall–Kier alpha value is -3.85. The van der Waals surface area contributed by atoms with Crippen molar-refractivity contribution in [2.45, 2.75) is 30.8 Å². The highest BCUT2D eigenvalue weighted by Gasteiger charge is 2.35. The van der Waals surface area contributed by atoms with Crippen LogP contribution in [0.1, 0.15) is 16.7 Å². The van der Waals surface area contributed by atoms with Gasteiger partial charge in [0.25, 0.3) is 10.0 Å². The molecule has 42 heavy (non-hydrogen) atoms. The first kappa shape index (κ1) is 31.1. The molecular formula is C32H31Cl2N3O4S. The Labute approximate surface area is 256 Å². The average Bonchev–Trinajstić information content (AvgIpc) is 3.00. The van der Waals surface area contributed by atoms with Gasteiger partial charge < -0.3 is 10.2 Å². The second kappa shape index (κ2) is 13.9. The van der Waals surface area contributed by atoms with Gasteiger partial charge in [-0.2, -0.15) is 0 Å². The number of hydrogen-bond acceptors (Lipinski definition) is 4. The Morgan fingerprint density at radius 1 is 0.810 bits per heavy atom. The first-order valence-corrected chi connectivity index (χ1v) is 15.4. The summed E-state index contributed by atoms with van der Waals surface area (Å²) in [6.45, 7) is 1.10. The number of rotatable bonds is 11. The summed E-state index contributed by atoms with van der Waals surface area (Å²) >= 11 is 12.9. The van der Waals surface area contributed by atoms with E-state index >= 15 is 0 Å². The molecule has 0 spiro atoms. The van der Waals surface area contributed by atoms with Crippen LogP contribution in [0.3, 0.4) is 0 Å². The number of amides is 2. The molecule has 0 fully saturated rings. The SMILES string of the molecule is CNC(=O)C(Cc1ccccc1)N(Cc1ccccc1Cl)C(=O)CN(c1cccc(Cl)c1C)S(=O)(=O)c1ccccc1. The molecule has 0 radical (unpaired) electrons. The summed E-state index contributed by atoms with van der Waals surface area (Å²) in [4.78, 5) is 29.1. The van der Waals surface area contributed by atoms with Crippen LogP contribution in [0.25, 0.3) is 0 Å². The molecule has 7 nitrogen and oxygen atoms in total. The van der Waals surface area contributed by atoms with Gasteiger partial charge in [-0.1, -0.05) is 96.0 Å². The Bertz CT molecular complexity index is 1650. The maximum Gasteiger partial charge on any atom is 0.264 e. The molecule has 0 saturated heterocycles. The van der Waals surface area contributed by atoms with Gasteiger partial charge in [0, 0.05) is 30.1 Å². The van der Waals surface area contributed by atoms with Crippen LogP contribution in [0.4, 0.5) is 5.69 Å². The fourth-order valence-corrected chi connectivity index (χ4v) is 6.49. The van der Waals surface area contributed by atoms with Crippen LogP contribution in [0.2, 0.25) is 10.0 Å². The van der Waals surface area contributed by atoms with Gasteiger partial charge >= 0.3 is 0 Å². The molecule has 0 aromatic heterocycles. The van der Waals surface area contributed by atoms with Crippen molar-refractivity contribution in [3.8, 4) is 0 Å². The summed E-state index contributed by atoms with van der Waals surface area (Å²) in [5.74, 6) is -0.978. The molecule has 0 aliphatic rings. The summed E-state index contributed by atoms with van der Waals surface area (Å²) in [5.41, 5.74) is 2.21. The molecule has 1 atom stereocenters. The quantitative estimate of drug-likeness (QED) is 0.226. The van der Waals surface area contributed by atoms with E-state index in [1.54, 1.807) is 67.6 Å². The van der Waals surface area contributed by atoms with E-state index in [1.807, 2.05) is 30.3 Å². The molecule has 0 aliphatic heterocycles. The maximum atomic E-state index is 14.3. The van der Waals surface area contributed by atoms with Crippen LogP contribution in [-0.4, -0.2) is 44.8 Å². The molecule has 4 aromatic carbocycles. The molecule has 0 aliphatic carbocycles. The topological polar surface area (TPSA) is 86.8 Å². The van der Waals surface area contributed by atoms with Crippen LogP contribution < -0.4 is 9.62 Å². The van der Waals surface area contributed by atoms with Crippen molar-refractivity contribution >= 4 is 50.7 Å². The summed E-state index contributed by atoms with van der Waals surface area (Å²) in [6.07, 6.45) is 0.207. The minimum Gasteiger partial charge on any atom is -0.357 e. The standard InChI is InChI=1S/C32H31Cl2N3O4S/c1-23-27(33)18-11-19-29(23)37(42(40,41)26-15-7-4-8-16-26)22-31(38)36(21-25-14-9-10-17-28(25)34)30(32(39)35-2)20-24-12-5-3-6-13-24/h3-19,30H,20-22H2,1-2H3,(H,35,39). The van der Waals surface area contributed by atoms with Crippen LogP contribution in [0.5, 0.6) is 0 Å². The lowest BCUT2D eigenvalue weighted by atomic mass is 10.0. The van der Waals surface area contributed by atoms with Crippen LogP contribution >= 0.6 is 23.2 Å². The van der Waals surface area contributed by atoms with Crippen molar-refractivity contribution in [2.24, 2.45) is 0 Å². The maximum absolute atomic E-state index is 14.3. The van der Waals surface area contributed by atoms with E-state index < -0.39 is 34.4 Å². The lowest BCUT2D eigenvalue weighted by Crippen LogP contribution is -2.53. The van der Waals surface area contributed by atoms with E-state index in [1.165, 1.54) is 24.1 Å². The predicted molar refractivity (Wildman–Crippen MR) is 167 cm³/mol. The smallest absolute Gasteiger partial charge is 0.264 e. The molecule has 4 aromatic rings. The van der Waals surface area contributed by atoms with E-state index in [-0.39, 0.29) is 23.5 Å². The zero-order valence-corrected chi connectivity index (χ0v) is 25.5. The average molecular weight is 625 g/mol. The van der Waals surface area contributed by atoms with Crippen LogP contribution in [-0.2, 0) is 32.6 Å². The Morgan fingerprint density at radius 2 is 1.40 bits per heavy atom. The van der Waals surface area contributed by atoms with Gasteiger partial charge in [-0.05, 0) is 53.9 Å². The molecule has 1 unspecified atom stereocenters. The van der Waals surface area contributed by atoms with Gasteiger partial charge in [-0.25, -0.2) is 8.42 Å². The highest BCUT2D eigenvalue weighted by molar-refractivity contribution is 7.92. The zero-order chi connectivity index (χ0) is 30.3. The molecule has 10 heteroatoms. The van der Waals surface area contributed by atoms with E-state index in [4.69, 9.17) is 23.2 Å². The second-order valence-corrected chi connectivity index (χ2v) is 12.3. The summed E-state index contributed by atoms with van der Waals surface area (Å²) < 4.78 is 29.1. The number of sulfonamides is 1. The van der Waals surface area contributed by atoms with E-state index in [9.17, 15) is 18.0 Å². The molecule has 2 amide bonds. The van der Waals surface area contributed by atoms with Crippen molar-refractivity contribution in [1.29, 1.82) is 0 Å². The third-order valence-electron chi connectivity index (χ3n) is 6.93. The molecule has 4 rings (SSSR count). The largest absolute Gasteiger partial charge is 0.357 e. The Morgan fingerprint density at radius 3 is 2.05 bits per heavy atom.